The molecule has 0 radical (unpaired) electrons. The van der Waals surface area contributed by atoms with Gasteiger partial charge in [-0.15, -0.1) is 13.2 Å². The molecule has 0 aliphatic heterocycles. The van der Waals surface area contributed by atoms with Crippen molar-refractivity contribution in [2.75, 3.05) is 18.5 Å². The largest absolute Gasteiger partial charge is 0.573 e. The van der Waals surface area contributed by atoms with Crippen molar-refractivity contribution in [3.8, 4) is 22.6 Å². The van der Waals surface area contributed by atoms with Gasteiger partial charge in [-0.3, -0.25) is 0 Å². The molecular formula is C38H52F3NO2. The van der Waals surface area contributed by atoms with Crippen LogP contribution in [0.2, 0.25) is 0 Å². The van der Waals surface area contributed by atoms with Gasteiger partial charge < -0.3 is 14.8 Å². The van der Waals surface area contributed by atoms with E-state index in [4.69, 9.17) is 4.74 Å². The lowest BCUT2D eigenvalue weighted by Gasteiger charge is -2.16. The Balaban J connectivity index is 1.45. The Morgan fingerprint density at radius 3 is 1.82 bits per heavy atom. The number of hydrogen-bond acceptors (Lipinski definition) is 3. The van der Waals surface area contributed by atoms with E-state index in [1.165, 1.54) is 88.3 Å². The van der Waals surface area contributed by atoms with Crippen LogP contribution < -0.4 is 14.8 Å². The maximum atomic E-state index is 12.6. The number of unbranched alkanes of at least 4 members (excludes halogenated alkanes) is 13. The van der Waals surface area contributed by atoms with Crippen LogP contribution in [0.3, 0.4) is 0 Å². The molecule has 6 heteroatoms. The third-order valence-corrected chi connectivity index (χ3v) is 7.96. The average Bonchev–Trinajstić information content (AvgIpc) is 3.01. The summed E-state index contributed by atoms with van der Waals surface area (Å²) in [6.07, 6.45) is 15.4. The number of rotatable bonds is 23. The van der Waals surface area contributed by atoms with E-state index < -0.39 is 6.36 Å². The highest BCUT2D eigenvalue weighted by molar-refractivity contribution is 5.71. The lowest BCUT2D eigenvalue weighted by molar-refractivity contribution is -0.274. The van der Waals surface area contributed by atoms with Gasteiger partial charge in [0.05, 0.1) is 12.3 Å². The molecule has 0 atom stereocenters. The highest BCUT2D eigenvalue weighted by Crippen LogP contribution is 2.33. The summed E-state index contributed by atoms with van der Waals surface area (Å²) in [5.41, 5.74) is 3.99. The second-order valence-corrected chi connectivity index (χ2v) is 11.7. The lowest BCUT2D eigenvalue weighted by Crippen LogP contribution is -2.16. The van der Waals surface area contributed by atoms with Crippen molar-refractivity contribution in [2.24, 2.45) is 0 Å². The lowest BCUT2D eigenvalue weighted by atomic mass is 10.0. The second-order valence-electron chi connectivity index (χ2n) is 11.7. The quantitative estimate of drug-likeness (QED) is 0.108. The first kappa shape index (κ1) is 35.3. The van der Waals surface area contributed by atoms with Gasteiger partial charge in [-0.05, 0) is 66.6 Å². The summed E-state index contributed by atoms with van der Waals surface area (Å²) in [4.78, 5) is 0. The molecule has 0 heterocycles. The number of halogens is 3. The number of ether oxygens (including phenoxy) is 2. The number of alkyl halides is 3. The molecule has 0 bridgehead atoms. The first-order valence-electron chi connectivity index (χ1n) is 16.9. The third kappa shape index (κ3) is 15.0. The van der Waals surface area contributed by atoms with Crippen LogP contribution in [0.1, 0.15) is 109 Å². The minimum absolute atomic E-state index is 0.228. The van der Waals surface area contributed by atoms with E-state index in [1.54, 1.807) is 12.1 Å². The monoisotopic (exact) mass is 611 g/mol. The van der Waals surface area contributed by atoms with E-state index in [0.29, 0.717) is 6.61 Å². The minimum Gasteiger partial charge on any atom is -0.491 e. The Kier molecular flexibility index (Phi) is 16.7. The van der Waals surface area contributed by atoms with Crippen LogP contribution in [0, 0.1) is 0 Å². The molecule has 3 aromatic rings. The molecule has 0 unspecified atom stereocenters. The molecular weight excluding hydrogens is 559 g/mol. The van der Waals surface area contributed by atoms with Gasteiger partial charge in [0.25, 0.3) is 0 Å². The molecule has 44 heavy (non-hydrogen) atoms. The van der Waals surface area contributed by atoms with Gasteiger partial charge in [0.1, 0.15) is 11.5 Å². The summed E-state index contributed by atoms with van der Waals surface area (Å²) in [7, 11) is 0. The SMILES string of the molecule is CCCCCCCCCCCCCCCOc1cc(-c2ccc(OC(F)(F)F)cc2)ccc1NCCCCc1ccccc1. The molecule has 242 valence electrons. The summed E-state index contributed by atoms with van der Waals surface area (Å²) in [5.74, 6) is 0.550. The first-order chi connectivity index (χ1) is 21.4. The fourth-order valence-electron chi connectivity index (χ4n) is 5.44. The van der Waals surface area contributed by atoms with Gasteiger partial charge in [0.15, 0.2) is 0 Å². The van der Waals surface area contributed by atoms with E-state index >= 15 is 0 Å². The Labute approximate surface area is 263 Å². The number of nitrogens with one attached hydrogen (secondary N) is 1. The van der Waals surface area contributed by atoms with Crippen molar-refractivity contribution in [3.05, 3.63) is 78.4 Å². The van der Waals surface area contributed by atoms with Crippen LogP contribution in [-0.4, -0.2) is 19.5 Å². The average molecular weight is 612 g/mol. The normalized spacial score (nSPS) is 11.5. The van der Waals surface area contributed by atoms with Crippen molar-refractivity contribution in [1.29, 1.82) is 0 Å². The molecule has 3 aromatic carbocycles. The summed E-state index contributed by atoms with van der Waals surface area (Å²) < 4.78 is 48.0. The molecule has 0 amide bonds. The van der Waals surface area contributed by atoms with Crippen LogP contribution in [-0.2, 0) is 6.42 Å². The predicted molar refractivity (Wildman–Crippen MR) is 178 cm³/mol. The van der Waals surface area contributed by atoms with E-state index in [2.05, 4.69) is 41.2 Å². The van der Waals surface area contributed by atoms with Gasteiger partial charge in [0.2, 0.25) is 0 Å². The molecule has 1 N–H and O–H groups in total. The molecule has 3 rings (SSSR count). The maximum absolute atomic E-state index is 12.6. The van der Waals surface area contributed by atoms with Crippen LogP contribution in [0.25, 0.3) is 11.1 Å². The third-order valence-electron chi connectivity index (χ3n) is 7.96. The molecule has 0 saturated heterocycles. The molecule has 0 aromatic heterocycles. The van der Waals surface area contributed by atoms with Crippen molar-refractivity contribution in [1.82, 2.24) is 0 Å². The van der Waals surface area contributed by atoms with Crippen molar-refractivity contribution in [3.63, 3.8) is 0 Å². The van der Waals surface area contributed by atoms with Gasteiger partial charge in [-0.1, -0.05) is 133 Å². The van der Waals surface area contributed by atoms with Crippen LogP contribution >= 0.6 is 0 Å². The fraction of sp³-hybridized carbons (Fsp3) is 0.526. The van der Waals surface area contributed by atoms with Gasteiger partial charge >= 0.3 is 6.36 Å². The van der Waals surface area contributed by atoms with E-state index in [0.717, 1.165) is 61.2 Å². The molecule has 0 aliphatic carbocycles. The second kappa shape index (κ2) is 20.7. The number of benzene rings is 3. The molecule has 3 nitrogen and oxygen atoms in total. The summed E-state index contributed by atoms with van der Waals surface area (Å²) in [6, 6.07) is 22.5. The zero-order chi connectivity index (χ0) is 31.3. The number of anilines is 1. The van der Waals surface area contributed by atoms with Crippen molar-refractivity contribution in [2.45, 2.75) is 116 Å². The Hall–Kier alpha value is -3.15. The number of hydrogen-bond donors (Lipinski definition) is 1. The first-order valence-corrected chi connectivity index (χ1v) is 16.9. The summed E-state index contributed by atoms with van der Waals surface area (Å²) in [5, 5.41) is 3.54. The minimum atomic E-state index is -4.70. The van der Waals surface area contributed by atoms with Gasteiger partial charge in [-0.25, -0.2) is 0 Å². The molecule has 0 spiro atoms. The fourth-order valence-corrected chi connectivity index (χ4v) is 5.44. The Bertz CT molecular complexity index is 1150. The number of aryl methyl sites for hydroxylation is 1. The molecule has 0 saturated carbocycles. The standard InChI is InChI=1S/C38H52F3NO2/c1-2-3-4-5-6-7-8-9-10-11-12-13-19-30-43-37-31-34(33-23-26-35(27-24-33)44-38(39,40)41)25-28-36(37)42-29-18-17-22-32-20-15-14-16-21-32/h14-16,20-21,23-28,31,42H,2-13,17-19,22,29-30H2,1H3. The smallest absolute Gasteiger partial charge is 0.491 e. The van der Waals surface area contributed by atoms with Crippen LogP contribution in [0.5, 0.6) is 11.5 Å². The van der Waals surface area contributed by atoms with Crippen molar-refractivity contribution < 1.29 is 22.6 Å². The highest BCUT2D eigenvalue weighted by Gasteiger charge is 2.31. The van der Waals surface area contributed by atoms with E-state index in [1.807, 2.05) is 24.3 Å². The Morgan fingerprint density at radius 1 is 0.614 bits per heavy atom. The molecule has 0 fully saturated rings. The van der Waals surface area contributed by atoms with E-state index in [-0.39, 0.29) is 5.75 Å². The highest BCUT2D eigenvalue weighted by atomic mass is 19.4. The predicted octanol–water partition coefficient (Wildman–Crippen LogP) is 12.2. The maximum Gasteiger partial charge on any atom is 0.573 e. The summed E-state index contributed by atoms with van der Waals surface area (Å²) >= 11 is 0. The zero-order valence-corrected chi connectivity index (χ0v) is 26.6. The van der Waals surface area contributed by atoms with Crippen LogP contribution in [0.4, 0.5) is 18.9 Å². The van der Waals surface area contributed by atoms with Gasteiger partial charge in [-0.2, -0.15) is 0 Å². The van der Waals surface area contributed by atoms with Crippen LogP contribution in [0.15, 0.2) is 72.8 Å². The van der Waals surface area contributed by atoms with E-state index in [9.17, 15) is 13.2 Å². The molecule has 0 aliphatic rings. The topological polar surface area (TPSA) is 30.5 Å². The van der Waals surface area contributed by atoms with Gasteiger partial charge in [0, 0.05) is 6.54 Å². The summed E-state index contributed by atoms with van der Waals surface area (Å²) in [6.45, 7) is 3.74. The zero-order valence-electron chi connectivity index (χ0n) is 26.6. The van der Waals surface area contributed by atoms with Crippen molar-refractivity contribution >= 4 is 5.69 Å². The Morgan fingerprint density at radius 2 is 1.20 bits per heavy atom.